The van der Waals surface area contributed by atoms with Crippen molar-refractivity contribution in [3.05, 3.63) is 16.5 Å². The van der Waals surface area contributed by atoms with Crippen molar-refractivity contribution in [2.45, 2.75) is 11.1 Å². The fraction of sp³-hybridized carbons (Fsp3) is 0.286. The SMILES string of the molecule is COC(=O)c1cc(SCl)sc1C. The van der Waals surface area contributed by atoms with E-state index in [0.717, 1.165) is 20.1 Å². The van der Waals surface area contributed by atoms with Crippen LogP contribution in [0.25, 0.3) is 0 Å². The number of rotatable bonds is 2. The molecule has 0 amide bonds. The molecule has 0 saturated heterocycles. The van der Waals surface area contributed by atoms with Crippen molar-refractivity contribution in [2.75, 3.05) is 7.11 Å². The third-order valence-electron chi connectivity index (χ3n) is 1.38. The van der Waals surface area contributed by atoms with Crippen LogP contribution in [0, 0.1) is 6.92 Å². The van der Waals surface area contributed by atoms with Crippen LogP contribution >= 0.6 is 33.0 Å². The van der Waals surface area contributed by atoms with Crippen molar-refractivity contribution in [2.24, 2.45) is 0 Å². The van der Waals surface area contributed by atoms with Crippen LogP contribution in [0.15, 0.2) is 10.3 Å². The zero-order valence-electron chi connectivity index (χ0n) is 6.59. The number of methoxy groups -OCH3 is 1. The van der Waals surface area contributed by atoms with Gasteiger partial charge in [0.1, 0.15) is 0 Å². The second kappa shape index (κ2) is 4.16. The molecule has 0 N–H and O–H groups in total. The Hall–Kier alpha value is -0.190. The zero-order chi connectivity index (χ0) is 9.14. The summed E-state index contributed by atoms with van der Waals surface area (Å²) in [6.45, 7) is 1.87. The van der Waals surface area contributed by atoms with E-state index in [1.807, 2.05) is 6.92 Å². The van der Waals surface area contributed by atoms with Crippen LogP contribution in [0.3, 0.4) is 0 Å². The van der Waals surface area contributed by atoms with Gasteiger partial charge in [-0.1, -0.05) is 0 Å². The molecule has 66 valence electrons. The van der Waals surface area contributed by atoms with E-state index in [1.54, 1.807) is 6.07 Å². The van der Waals surface area contributed by atoms with Gasteiger partial charge in [0.2, 0.25) is 0 Å². The number of halogens is 1. The quantitative estimate of drug-likeness (QED) is 0.720. The van der Waals surface area contributed by atoms with Gasteiger partial charge in [0.15, 0.2) is 0 Å². The van der Waals surface area contributed by atoms with Crippen LogP contribution in [0.2, 0.25) is 0 Å². The van der Waals surface area contributed by atoms with Gasteiger partial charge in [-0.05, 0) is 34.6 Å². The summed E-state index contributed by atoms with van der Waals surface area (Å²) < 4.78 is 5.50. The van der Waals surface area contributed by atoms with Crippen molar-refractivity contribution in [3.8, 4) is 0 Å². The van der Waals surface area contributed by atoms with E-state index in [4.69, 9.17) is 10.7 Å². The average molecular weight is 223 g/mol. The van der Waals surface area contributed by atoms with Crippen molar-refractivity contribution in [3.63, 3.8) is 0 Å². The number of thiophene rings is 1. The van der Waals surface area contributed by atoms with Gasteiger partial charge < -0.3 is 4.74 Å². The Kier molecular flexibility index (Phi) is 3.43. The fourth-order valence-corrected chi connectivity index (χ4v) is 2.62. The highest BCUT2D eigenvalue weighted by Gasteiger charge is 2.12. The molecule has 1 heterocycles. The number of ether oxygens (including phenoxy) is 1. The summed E-state index contributed by atoms with van der Waals surface area (Å²) in [5.74, 6) is -0.305. The number of hydrogen-bond acceptors (Lipinski definition) is 4. The summed E-state index contributed by atoms with van der Waals surface area (Å²) in [6.07, 6.45) is 0. The van der Waals surface area contributed by atoms with E-state index >= 15 is 0 Å². The topological polar surface area (TPSA) is 26.3 Å². The molecule has 1 rings (SSSR count). The first-order valence-electron chi connectivity index (χ1n) is 3.16. The van der Waals surface area contributed by atoms with Crippen molar-refractivity contribution < 1.29 is 9.53 Å². The smallest absolute Gasteiger partial charge is 0.339 e. The van der Waals surface area contributed by atoms with Gasteiger partial charge in [-0.3, -0.25) is 0 Å². The molecule has 1 aromatic heterocycles. The Morgan fingerprint density at radius 3 is 2.83 bits per heavy atom. The minimum absolute atomic E-state index is 0.305. The Bertz CT molecular complexity index is 296. The Labute approximate surface area is 83.4 Å². The van der Waals surface area contributed by atoms with Crippen LogP contribution in [0.5, 0.6) is 0 Å². The Balaban J connectivity index is 2.99. The lowest BCUT2D eigenvalue weighted by Gasteiger charge is -1.94. The predicted octanol–water partition coefficient (Wildman–Crippen LogP) is 3.09. The van der Waals surface area contributed by atoms with Gasteiger partial charge in [0, 0.05) is 4.88 Å². The fourth-order valence-electron chi connectivity index (χ4n) is 0.805. The maximum absolute atomic E-state index is 11.1. The minimum Gasteiger partial charge on any atom is -0.465 e. The van der Waals surface area contributed by atoms with E-state index in [2.05, 4.69) is 4.74 Å². The first kappa shape index (κ1) is 9.89. The summed E-state index contributed by atoms with van der Waals surface area (Å²) in [4.78, 5) is 12.0. The molecule has 12 heavy (non-hydrogen) atoms. The first-order chi connectivity index (χ1) is 5.69. The molecule has 5 heteroatoms. The van der Waals surface area contributed by atoms with Crippen LogP contribution < -0.4 is 0 Å². The van der Waals surface area contributed by atoms with Gasteiger partial charge >= 0.3 is 5.97 Å². The van der Waals surface area contributed by atoms with Crippen LogP contribution in [0.1, 0.15) is 15.2 Å². The lowest BCUT2D eigenvalue weighted by molar-refractivity contribution is 0.0600. The van der Waals surface area contributed by atoms with Crippen molar-refractivity contribution in [1.82, 2.24) is 0 Å². The van der Waals surface area contributed by atoms with Crippen LogP contribution in [0.4, 0.5) is 0 Å². The summed E-state index contributed by atoms with van der Waals surface area (Å²) in [5.41, 5.74) is 0.602. The number of hydrogen-bond donors (Lipinski definition) is 0. The highest BCUT2D eigenvalue weighted by atomic mass is 35.7. The number of carbonyl (C=O) groups excluding carboxylic acids is 1. The molecule has 0 radical (unpaired) electrons. The molecule has 0 saturated carbocycles. The highest BCUT2D eigenvalue weighted by Crippen LogP contribution is 2.32. The first-order valence-corrected chi connectivity index (χ1v) is 5.62. The molecular formula is C7H7ClO2S2. The molecule has 0 aromatic carbocycles. The molecule has 1 aromatic rings. The summed E-state index contributed by atoms with van der Waals surface area (Å²) in [7, 11) is 8.02. The van der Waals surface area contributed by atoms with E-state index in [-0.39, 0.29) is 5.97 Å². The Morgan fingerprint density at radius 2 is 2.42 bits per heavy atom. The number of esters is 1. The third kappa shape index (κ3) is 1.94. The standard InChI is InChI=1S/C7H7ClO2S2/c1-4-5(7(9)10-2)3-6(11-4)12-8/h3H,1-2H3. The van der Waals surface area contributed by atoms with Crippen LogP contribution in [-0.2, 0) is 4.74 Å². The minimum atomic E-state index is -0.305. The normalized spacial score (nSPS) is 9.92. The second-order valence-corrected chi connectivity index (χ2v) is 4.68. The van der Waals surface area contributed by atoms with Crippen molar-refractivity contribution in [1.29, 1.82) is 0 Å². The number of carbonyl (C=O) groups is 1. The molecule has 0 atom stereocenters. The highest BCUT2D eigenvalue weighted by molar-refractivity contribution is 8.22. The lowest BCUT2D eigenvalue weighted by atomic mass is 10.3. The molecule has 0 aliphatic heterocycles. The monoisotopic (exact) mass is 222 g/mol. The number of aryl methyl sites for hydroxylation is 1. The van der Waals surface area contributed by atoms with Gasteiger partial charge in [-0.2, -0.15) is 0 Å². The maximum atomic E-state index is 11.1. The summed E-state index contributed by atoms with van der Waals surface area (Å²) in [5, 5.41) is 0. The predicted molar refractivity (Wildman–Crippen MR) is 52.1 cm³/mol. The largest absolute Gasteiger partial charge is 0.465 e. The van der Waals surface area contributed by atoms with Gasteiger partial charge in [0.25, 0.3) is 0 Å². The van der Waals surface area contributed by atoms with Crippen molar-refractivity contribution >= 4 is 39.0 Å². The van der Waals surface area contributed by atoms with E-state index < -0.39 is 0 Å². The second-order valence-electron chi connectivity index (χ2n) is 2.10. The molecule has 0 spiro atoms. The molecular weight excluding hydrogens is 216 g/mol. The molecule has 0 aliphatic carbocycles. The molecule has 2 nitrogen and oxygen atoms in total. The van der Waals surface area contributed by atoms with Gasteiger partial charge in [-0.15, -0.1) is 11.3 Å². The zero-order valence-corrected chi connectivity index (χ0v) is 8.98. The molecule has 0 aliphatic rings. The molecule has 0 bridgehead atoms. The van der Waals surface area contributed by atoms with E-state index in [0.29, 0.717) is 5.56 Å². The van der Waals surface area contributed by atoms with E-state index in [9.17, 15) is 4.79 Å². The van der Waals surface area contributed by atoms with Gasteiger partial charge in [-0.25, -0.2) is 4.79 Å². The third-order valence-corrected chi connectivity index (χ3v) is 3.76. The molecule has 0 unspecified atom stereocenters. The van der Waals surface area contributed by atoms with Crippen LogP contribution in [-0.4, -0.2) is 13.1 Å². The maximum Gasteiger partial charge on any atom is 0.339 e. The summed E-state index contributed by atoms with van der Waals surface area (Å²) >= 11 is 1.49. The molecule has 0 fully saturated rings. The Morgan fingerprint density at radius 1 is 1.75 bits per heavy atom. The average Bonchev–Trinajstić information content (AvgIpc) is 2.45. The van der Waals surface area contributed by atoms with Gasteiger partial charge in [0.05, 0.1) is 16.9 Å². The summed E-state index contributed by atoms with van der Waals surface area (Å²) in [6, 6.07) is 1.74. The lowest BCUT2D eigenvalue weighted by Crippen LogP contribution is -2.00. The van der Waals surface area contributed by atoms with E-state index in [1.165, 1.54) is 18.4 Å².